The van der Waals surface area contributed by atoms with Crippen molar-refractivity contribution in [1.29, 1.82) is 5.26 Å². The Morgan fingerprint density at radius 2 is 2.20 bits per heavy atom. The van der Waals surface area contributed by atoms with Gasteiger partial charge < -0.3 is 4.98 Å². The number of hydrogen-bond donors (Lipinski definition) is 1. The second kappa shape index (κ2) is 3.81. The molecule has 1 N–H and O–H groups in total. The Kier molecular flexibility index (Phi) is 2.34. The molecule has 0 amide bonds. The lowest BCUT2D eigenvalue weighted by molar-refractivity contribution is 1.39. The molecule has 0 radical (unpaired) electrons. The van der Waals surface area contributed by atoms with Crippen LogP contribution in [0.2, 0.25) is 0 Å². The van der Waals surface area contributed by atoms with Crippen LogP contribution in [0.4, 0.5) is 0 Å². The lowest BCUT2D eigenvalue weighted by Crippen LogP contribution is -1.99. The van der Waals surface area contributed by atoms with E-state index in [4.69, 9.17) is 5.26 Å². The van der Waals surface area contributed by atoms with E-state index in [1.54, 1.807) is 18.3 Å². The van der Waals surface area contributed by atoms with Crippen LogP contribution in [-0.4, -0.2) is 4.98 Å². The van der Waals surface area contributed by atoms with E-state index < -0.39 is 0 Å². The summed E-state index contributed by atoms with van der Waals surface area (Å²) in [6.07, 6.45) is 4.72. The number of aromatic amines is 1. The lowest BCUT2D eigenvalue weighted by Gasteiger charge is -1.97. The van der Waals surface area contributed by atoms with Crippen LogP contribution in [0.15, 0.2) is 41.3 Å². The average Bonchev–Trinajstić information content (AvgIpc) is 2.26. The molecule has 2 rings (SSSR count). The fourth-order valence-corrected chi connectivity index (χ4v) is 1.43. The minimum atomic E-state index is -0.000405. The molecule has 72 valence electrons. The molecular weight excluding hydrogens is 188 g/mol. The van der Waals surface area contributed by atoms with Gasteiger partial charge in [0.15, 0.2) is 5.43 Å². The molecule has 1 heterocycles. The molecule has 0 unspecified atom stereocenters. The maximum Gasteiger partial charge on any atom is 0.189 e. The highest BCUT2D eigenvalue weighted by Crippen LogP contribution is 2.10. The highest BCUT2D eigenvalue weighted by Gasteiger charge is 1.97. The van der Waals surface area contributed by atoms with Gasteiger partial charge in [-0.3, -0.25) is 4.79 Å². The third-order valence-electron chi connectivity index (χ3n) is 2.13. The minimum Gasteiger partial charge on any atom is -0.361 e. The summed E-state index contributed by atoms with van der Waals surface area (Å²) < 4.78 is 0. The van der Waals surface area contributed by atoms with Crippen LogP contribution in [0.1, 0.15) is 5.56 Å². The van der Waals surface area contributed by atoms with Gasteiger partial charge in [0.05, 0.1) is 6.07 Å². The van der Waals surface area contributed by atoms with E-state index in [9.17, 15) is 4.79 Å². The fourth-order valence-electron chi connectivity index (χ4n) is 1.43. The first-order chi connectivity index (χ1) is 7.31. The zero-order valence-electron chi connectivity index (χ0n) is 7.90. The van der Waals surface area contributed by atoms with Crippen LogP contribution in [0.5, 0.6) is 0 Å². The normalized spacial score (nSPS) is 10.6. The Hall–Kier alpha value is -2.34. The van der Waals surface area contributed by atoms with Gasteiger partial charge in [-0.05, 0) is 23.8 Å². The van der Waals surface area contributed by atoms with Gasteiger partial charge >= 0.3 is 0 Å². The summed E-state index contributed by atoms with van der Waals surface area (Å²) in [4.78, 5) is 14.4. The number of H-pyrrole nitrogens is 1. The molecule has 0 spiro atoms. The third kappa shape index (κ3) is 1.79. The van der Waals surface area contributed by atoms with Gasteiger partial charge in [0.25, 0.3) is 0 Å². The molecule has 2 aromatic rings. The quantitative estimate of drug-likeness (QED) is 0.710. The molecule has 0 fully saturated rings. The van der Waals surface area contributed by atoms with Gasteiger partial charge in [-0.25, -0.2) is 0 Å². The van der Waals surface area contributed by atoms with Crippen LogP contribution >= 0.6 is 0 Å². The molecule has 0 aliphatic carbocycles. The Morgan fingerprint density at radius 1 is 1.33 bits per heavy atom. The van der Waals surface area contributed by atoms with Gasteiger partial charge in [-0.15, -0.1) is 0 Å². The number of pyridine rings is 1. The summed E-state index contributed by atoms with van der Waals surface area (Å²) in [6.45, 7) is 0. The van der Waals surface area contributed by atoms with Crippen molar-refractivity contribution >= 4 is 17.0 Å². The van der Waals surface area contributed by atoms with E-state index in [1.807, 2.05) is 18.2 Å². The Bertz CT molecular complexity index is 617. The molecule has 15 heavy (non-hydrogen) atoms. The maximum atomic E-state index is 11.4. The van der Waals surface area contributed by atoms with Gasteiger partial charge in [0, 0.05) is 29.2 Å². The first kappa shape index (κ1) is 9.22. The first-order valence-electron chi connectivity index (χ1n) is 4.49. The number of nitriles is 1. The summed E-state index contributed by atoms with van der Waals surface area (Å²) >= 11 is 0. The standard InChI is InChI=1S/C12H8N2O/c13-6-1-2-9-3-4-10-11(8-9)14-7-5-12(10)15/h1-5,7-8H,(H,14,15). The molecule has 3 nitrogen and oxygen atoms in total. The molecular formula is C12H8N2O. The third-order valence-corrected chi connectivity index (χ3v) is 2.13. The first-order valence-corrected chi connectivity index (χ1v) is 4.49. The number of fused-ring (bicyclic) bond motifs is 1. The van der Waals surface area contributed by atoms with Crippen molar-refractivity contribution in [2.75, 3.05) is 0 Å². The van der Waals surface area contributed by atoms with E-state index in [0.717, 1.165) is 11.1 Å². The van der Waals surface area contributed by atoms with E-state index >= 15 is 0 Å². The molecule has 1 aromatic heterocycles. The maximum absolute atomic E-state index is 11.4. The zero-order chi connectivity index (χ0) is 10.7. The topological polar surface area (TPSA) is 56.6 Å². The minimum absolute atomic E-state index is 0.000405. The van der Waals surface area contributed by atoms with Crippen molar-refractivity contribution in [3.8, 4) is 6.07 Å². The summed E-state index contributed by atoms with van der Waals surface area (Å²) in [5.74, 6) is 0. The molecule has 0 aliphatic rings. The van der Waals surface area contributed by atoms with E-state index in [-0.39, 0.29) is 5.43 Å². The van der Waals surface area contributed by atoms with Crippen LogP contribution < -0.4 is 5.43 Å². The second-order valence-corrected chi connectivity index (χ2v) is 3.11. The van der Waals surface area contributed by atoms with Crippen molar-refractivity contribution in [2.45, 2.75) is 0 Å². The number of nitrogens with one attached hydrogen (secondary N) is 1. The van der Waals surface area contributed by atoms with Crippen molar-refractivity contribution < 1.29 is 0 Å². The monoisotopic (exact) mass is 196 g/mol. The zero-order valence-corrected chi connectivity index (χ0v) is 7.90. The number of aromatic nitrogens is 1. The smallest absolute Gasteiger partial charge is 0.189 e. The van der Waals surface area contributed by atoms with Crippen LogP contribution in [0.3, 0.4) is 0 Å². The van der Waals surface area contributed by atoms with Crippen molar-refractivity contribution in [3.05, 3.63) is 52.3 Å². The molecule has 0 atom stereocenters. The summed E-state index contributed by atoms with van der Waals surface area (Å²) in [7, 11) is 0. The van der Waals surface area contributed by atoms with E-state index in [1.165, 1.54) is 12.1 Å². The molecule has 0 saturated carbocycles. The van der Waals surface area contributed by atoms with Gasteiger partial charge in [-0.1, -0.05) is 6.07 Å². The van der Waals surface area contributed by atoms with Crippen LogP contribution in [-0.2, 0) is 0 Å². The summed E-state index contributed by atoms with van der Waals surface area (Å²) in [5, 5.41) is 9.05. The molecule has 0 aliphatic heterocycles. The van der Waals surface area contributed by atoms with E-state index in [2.05, 4.69) is 4.98 Å². The predicted octanol–water partition coefficient (Wildman–Crippen LogP) is 2.06. The van der Waals surface area contributed by atoms with Crippen LogP contribution in [0, 0.1) is 11.3 Å². The summed E-state index contributed by atoms with van der Waals surface area (Å²) in [5.41, 5.74) is 1.67. The Balaban J connectivity index is 2.63. The molecule has 0 saturated heterocycles. The van der Waals surface area contributed by atoms with Crippen molar-refractivity contribution in [1.82, 2.24) is 4.98 Å². The number of allylic oxidation sites excluding steroid dienone is 1. The van der Waals surface area contributed by atoms with Gasteiger partial charge in [-0.2, -0.15) is 5.26 Å². The molecule has 0 bridgehead atoms. The number of nitrogens with zero attached hydrogens (tertiary/aromatic N) is 1. The highest BCUT2D eigenvalue weighted by atomic mass is 16.1. The number of benzene rings is 1. The van der Waals surface area contributed by atoms with Crippen LogP contribution in [0.25, 0.3) is 17.0 Å². The van der Waals surface area contributed by atoms with Crippen molar-refractivity contribution in [3.63, 3.8) is 0 Å². The summed E-state index contributed by atoms with van der Waals surface area (Å²) in [6, 6.07) is 8.82. The fraction of sp³-hybridized carbons (Fsp3) is 0. The van der Waals surface area contributed by atoms with Gasteiger partial charge in [0.2, 0.25) is 0 Å². The number of hydrogen-bond acceptors (Lipinski definition) is 2. The van der Waals surface area contributed by atoms with E-state index in [0.29, 0.717) is 5.39 Å². The largest absolute Gasteiger partial charge is 0.361 e. The second-order valence-electron chi connectivity index (χ2n) is 3.11. The Morgan fingerprint density at radius 3 is 3.00 bits per heavy atom. The SMILES string of the molecule is N#CC=Cc1ccc2c(=O)cc[nH]c2c1. The Labute approximate surface area is 86.3 Å². The van der Waals surface area contributed by atoms with Gasteiger partial charge in [0.1, 0.15) is 0 Å². The molecule has 3 heteroatoms. The average molecular weight is 196 g/mol. The number of rotatable bonds is 1. The van der Waals surface area contributed by atoms with Crippen molar-refractivity contribution in [2.24, 2.45) is 0 Å². The highest BCUT2D eigenvalue weighted by molar-refractivity contribution is 5.80. The lowest BCUT2D eigenvalue weighted by atomic mass is 10.1. The molecule has 1 aromatic carbocycles. The predicted molar refractivity (Wildman–Crippen MR) is 59.2 cm³/mol.